The molecule has 0 saturated carbocycles. The van der Waals surface area contributed by atoms with Crippen molar-refractivity contribution < 1.29 is 14.4 Å². The Kier molecular flexibility index (Phi) is 5.77. The quantitative estimate of drug-likeness (QED) is 0.648. The third kappa shape index (κ3) is 4.05. The molecule has 0 spiro atoms. The average molecular weight is 461 g/mol. The van der Waals surface area contributed by atoms with Crippen molar-refractivity contribution in [2.45, 2.75) is 12.5 Å². The first-order chi connectivity index (χ1) is 13.1. The van der Waals surface area contributed by atoms with Crippen molar-refractivity contribution in [3.8, 4) is 0 Å². The zero-order valence-electron chi connectivity index (χ0n) is 14.4. The molecule has 0 unspecified atom stereocenters. The Hall–Kier alpha value is -1.99. The van der Waals surface area contributed by atoms with E-state index >= 15 is 0 Å². The average Bonchev–Trinajstić information content (AvgIpc) is 2.77. The Morgan fingerprint density at radius 3 is 2.29 bits per heavy atom. The van der Waals surface area contributed by atoms with Crippen molar-refractivity contribution in [1.29, 1.82) is 0 Å². The van der Waals surface area contributed by atoms with Crippen molar-refractivity contribution in [3.05, 3.63) is 62.1 Å². The first-order valence-corrected chi connectivity index (χ1v) is 9.47. The van der Waals surface area contributed by atoms with Crippen molar-refractivity contribution in [2.75, 3.05) is 11.9 Å². The number of halogens is 4. The summed E-state index contributed by atoms with van der Waals surface area (Å²) in [5.74, 6) is -1.20. The number of urea groups is 1. The van der Waals surface area contributed by atoms with Crippen molar-refractivity contribution in [1.82, 2.24) is 10.2 Å². The van der Waals surface area contributed by atoms with Crippen LogP contribution < -0.4 is 10.6 Å². The van der Waals surface area contributed by atoms with E-state index in [0.717, 1.165) is 4.90 Å². The Balaban J connectivity index is 1.79. The number of rotatable bonds is 4. The van der Waals surface area contributed by atoms with Crippen molar-refractivity contribution in [2.24, 2.45) is 0 Å². The Morgan fingerprint density at radius 2 is 1.68 bits per heavy atom. The molecule has 0 aromatic heterocycles. The number of carbonyl (C=O) groups is 3. The molecular weight excluding hydrogens is 448 g/mol. The standard InChI is InChI=1S/C18H13Cl4N3O3/c1-18(13-3-2-9(19)7-14(13)22)16(27)25(17(28)24-18)8-15(26)23-12-5-10(20)4-11(21)6-12/h2-7H,8H2,1H3,(H,23,26)(H,24,28)/t18-/m1/s1. The predicted octanol–water partition coefficient (Wildman–Crippen LogP) is 4.71. The number of anilines is 1. The molecule has 1 heterocycles. The van der Waals surface area contributed by atoms with E-state index in [4.69, 9.17) is 46.4 Å². The molecule has 1 aliphatic rings. The molecule has 0 radical (unpaired) electrons. The normalized spacial score (nSPS) is 19.0. The smallest absolute Gasteiger partial charge is 0.324 e. The van der Waals surface area contributed by atoms with Crippen LogP contribution in [0.2, 0.25) is 20.1 Å². The third-order valence-corrected chi connectivity index (χ3v) is 5.18. The maximum Gasteiger partial charge on any atom is 0.325 e. The van der Waals surface area contributed by atoms with Gasteiger partial charge >= 0.3 is 6.03 Å². The summed E-state index contributed by atoms with van der Waals surface area (Å²) < 4.78 is 0. The molecule has 2 aromatic rings. The van der Waals surface area contributed by atoms with Gasteiger partial charge in [0.25, 0.3) is 5.91 Å². The fraction of sp³-hybridized carbons (Fsp3) is 0.167. The molecule has 2 N–H and O–H groups in total. The van der Waals surface area contributed by atoms with Crippen LogP contribution in [0.3, 0.4) is 0 Å². The highest BCUT2D eigenvalue weighted by Crippen LogP contribution is 2.35. The highest BCUT2D eigenvalue weighted by molar-refractivity contribution is 6.36. The third-order valence-electron chi connectivity index (χ3n) is 4.19. The summed E-state index contributed by atoms with van der Waals surface area (Å²) in [6, 6.07) is 8.38. The van der Waals surface area contributed by atoms with Crippen LogP contribution in [0.25, 0.3) is 0 Å². The molecule has 6 nitrogen and oxygen atoms in total. The summed E-state index contributed by atoms with van der Waals surface area (Å²) in [6.45, 7) is 1.02. The molecule has 10 heteroatoms. The van der Waals surface area contributed by atoms with Crippen LogP contribution in [-0.2, 0) is 15.1 Å². The minimum Gasteiger partial charge on any atom is -0.324 e. The lowest BCUT2D eigenvalue weighted by Crippen LogP contribution is -2.42. The van der Waals surface area contributed by atoms with E-state index in [1.54, 1.807) is 12.1 Å². The number of amides is 4. The number of nitrogens with one attached hydrogen (secondary N) is 2. The lowest BCUT2D eigenvalue weighted by atomic mass is 9.92. The lowest BCUT2D eigenvalue weighted by molar-refractivity contribution is -0.133. The summed E-state index contributed by atoms with van der Waals surface area (Å²) in [5, 5.41) is 6.43. The summed E-state index contributed by atoms with van der Waals surface area (Å²) in [5.41, 5.74) is -0.696. The number of nitrogens with zero attached hydrogens (tertiary/aromatic N) is 1. The molecule has 1 saturated heterocycles. The van der Waals surface area contributed by atoms with Gasteiger partial charge in [-0.1, -0.05) is 52.5 Å². The number of carbonyl (C=O) groups excluding carboxylic acids is 3. The minimum atomic E-state index is -1.42. The molecule has 3 rings (SSSR count). The van der Waals surface area contributed by atoms with E-state index in [0.29, 0.717) is 26.3 Å². The highest BCUT2D eigenvalue weighted by atomic mass is 35.5. The van der Waals surface area contributed by atoms with Crippen LogP contribution in [0.4, 0.5) is 10.5 Å². The first kappa shape index (κ1) is 20.7. The number of hydrogen-bond acceptors (Lipinski definition) is 3. The van der Waals surface area contributed by atoms with Gasteiger partial charge < -0.3 is 10.6 Å². The fourth-order valence-electron chi connectivity index (χ4n) is 2.89. The zero-order chi connectivity index (χ0) is 20.6. The SMILES string of the molecule is C[C@]1(c2ccc(Cl)cc2Cl)NC(=O)N(CC(=O)Nc2cc(Cl)cc(Cl)c2)C1=O. The molecule has 1 fully saturated rings. The maximum atomic E-state index is 12.9. The number of benzene rings is 2. The Labute approximate surface area is 180 Å². The van der Waals surface area contributed by atoms with Gasteiger partial charge in [-0.3, -0.25) is 14.5 Å². The van der Waals surface area contributed by atoms with Crippen LogP contribution in [-0.4, -0.2) is 29.3 Å². The summed E-state index contributed by atoms with van der Waals surface area (Å²) in [4.78, 5) is 38.4. The Bertz CT molecular complexity index is 978. The van der Waals surface area contributed by atoms with E-state index in [-0.39, 0.29) is 5.02 Å². The van der Waals surface area contributed by atoms with Crippen molar-refractivity contribution >= 4 is 69.9 Å². The second kappa shape index (κ2) is 7.79. The molecule has 1 atom stereocenters. The van der Waals surface area contributed by atoms with Gasteiger partial charge in [0.2, 0.25) is 5.91 Å². The molecular formula is C18H13Cl4N3O3. The monoisotopic (exact) mass is 459 g/mol. The predicted molar refractivity (Wildman–Crippen MR) is 109 cm³/mol. The van der Waals surface area contributed by atoms with Crippen LogP contribution in [0, 0.1) is 0 Å². The van der Waals surface area contributed by atoms with Crippen LogP contribution in [0.1, 0.15) is 12.5 Å². The minimum absolute atomic E-state index is 0.225. The summed E-state index contributed by atoms with van der Waals surface area (Å²) in [6.07, 6.45) is 0. The van der Waals surface area contributed by atoms with E-state index in [1.807, 2.05) is 0 Å². The lowest BCUT2D eigenvalue weighted by Gasteiger charge is -2.23. The topological polar surface area (TPSA) is 78.5 Å². The first-order valence-electron chi connectivity index (χ1n) is 7.96. The van der Waals surface area contributed by atoms with Crippen LogP contribution in [0.15, 0.2) is 36.4 Å². The maximum absolute atomic E-state index is 12.9. The van der Waals surface area contributed by atoms with Gasteiger partial charge in [0.15, 0.2) is 0 Å². The summed E-state index contributed by atoms with van der Waals surface area (Å²) in [7, 11) is 0. The van der Waals surface area contributed by atoms with Crippen molar-refractivity contribution in [3.63, 3.8) is 0 Å². The van der Waals surface area contributed by atoms with Crippen LogP contribution >= 0.6 is 46.4 Å². The number of hydrogen-bond donors (Lipinski definition) is 2. The second-order valence-electron chi connectivity index (χ2n) is 6.28. The van der Waals surface area contributed by atoms with E-state index in [9.17, 15) is 14.4 Å². The molecule has 28 heavy (non-hydrogen) atoms. The van der Waals surface area contributed by atoms with Gasteiger partial charge in [-0.2, -0.15) is 0 Å². The fourth-order valence-corrected chi connectivity index (χ4v) is 4.01. The van der Waals surface area contributed by atoms with E-state index in [1.165, 1.54) is 31.2 Å². The second-order valence-corrected chi connectivity index (χ2v) is 7.99. The molecule has 0 bridgehead atoms. The van der Waals surface area contributed by atoms with Gasteiger partial charge in [0.05, 0.1) is 0 Å². The molecule has 2 aromatic carbocycles. The van der Waals surface area contributed by atoms with Gasteiger partial charge in [-0.15, -0.1) is 0 Å². The molecule has 0 aliphatic carbocycles. The van der Waals surface area contributed by atoms with Gasteiger partial charge in [-0.25, -0.2) is 4.79 Å². The van der Waals surface area contributed by atoms with Crippen LogP contribution in [0.5, 0.6) is 0 Å². The summed E-state index contributed by atoms with van der Waals surface area (Å²) >= 11 is 23.9. The Morgan fingerprint density at radius 1 is 1.04 bits per heavy atom. The zero-order valence-corrected chi connectivity index (χ0v) is 17.4. The molecule has 1 aliphatic heterocycles. The number of imide groups is 1. The molecule has 146 valence electrons. The van der Waals surface area contributed by atoms with E-state index in [2.05, 4.69) is 10.6 Å². The van der Waals surface area contributed by atoms with Gasteiger partial charge in [0.1, 0.15) is 12.1 Å². The van der Waals surface area contributed by atoms with Gasteiger partial charge in [-0.05, 0) is 37.3 Å². The van der Waals surface area contributed by atoms with E-state index < -0.39 is 29.9 Å². The van der Waals surface area contributed by atoms with Gasteiger partial charge in [0, 0.05) is 31.3 Å². The molecule has 4 amide bonds. The highest BCUT2D eigenvalue weighted by Gasteiger charge is 2.50. The largest absolute Gasteiger partial charge is 0.325 e.